The lowest BCUT2D eigenvalue weighted by Gasteiger charge is -2.34. The van der Waals surface area contributed by atoms with E-state index in [-0.39, 0.29) is 10.6 Å². The van der Waals surface area contributed by atoms with Crippen LogP contribution in [0.1, 0.15) is 32.9 Å². The zero-order valence-electron chi connectivity index (χ0n) is 18.2. The number of carbonyl (C=O) groups is 2. The van der Waals surface area contributed by atoms with Crippen molar-refractivity contribution in [3.8, 4) is 5.75 Å². The van der Waals surface area contributed by atoms with Gasteiger partial charge in [-0.1, -0.05) is 0 Å². The molecule has 10 heteroatoms. The number of esters is 2. The summed E-state index contributed by atoms with van der Waals surface area (Å²) < 4.78 is 42.7. The normalized spacial score (nSPS) is 14.9. The van der Waals surface area contributed by atoms with E-state index in [0.717, 1.165) is 7.11 Å². The molecule has 3 N–H and O–H groups in total. The maximum absolute atomic E-state index is 13.7. The fourth-order valence-electron chi connectivity index (χ4n) is 3.15. The molecule has 1 heterocycles. The van der Waals surface area contributed by atoms with Gasteiger partial charge in [-0.25, -0.2) is 8.42 Å². The van der Waals surface area contributed by atoms with Crippen molar-refractivity contribution >= 4 is 21.8 Å². The molecule has 1 aromatic carbocycles. The number of sulfone groups is 1. The summed E-state index contributed by atoms with van der Waals surface area (Å²) in [6, 6.07) is 8.54. The van der Waals surface area contributed by atoms with E-state index in [4.69, 9.17) is 19.9 Å². The number of ether oxygens (including phenoxy) is 3. The van der Waals surface area contributed by atoms with Gasteiger partial charge in [0.1, 0.15) is 17.3 Å². The lowest BCUT2D eigenvalue weighted by atomic mass is 9.93. The molecule has 170 valence electrons. The topological polar surface area (TPSA) is 138 Å². The molecule has 31 heavy (non-hydrogen) atoms. The molecule has 0 aliphatic rings. The average Bonchev–Trinajstić information content (AvgIpc) is 3.24. The number of nitrogens with one attached hydrogen (secondary N) is 1. The van der Waals surface area contributed by atoms with Crippen LogP contribution < -0.4 is 10.5 Å². The number of benzene rings is 1. The molecule has 0 aliphatic carbocycles. The highest BCUT2D eigenvalue weighted by Crippen LogP contribution is 2.39. The van der Waals surface area contributed by atoms with Crippen molar-refractivity contribution < 1.29 is 32.2 Å². The van der Waals surface area contributed by atoms with Crippen molar-refractivity contribution in [3.63, 3.8) is 0 Å². The van der Waals surface area contributed by atoms with Gasteiger partial charge in [-0.05, 0) is 57.2 Å². The highest BCUT2D eigenvalue weighted by atomic mass is 32.2. The fraction of sp³-hybridized carbons (Fsp3) is 0.429. The van der Waals surface area contributed by atoms with Crippen molar-refractivity contribution in [2.45, 2.75) is 42.6 Å². The third-order valence-corrected chi connectivity index (χ3v) is 6.91. The first-order chi connectivity index (χ1) is 14.4. The first-order valence-corrected chi connectivity index (χ1v) is 11.0. The summed E-state index contributed by atoms with van der Waals surface area (Å²) >= 11 is 0. The van der Waals surface area contributed by atoms with Crippen LogP contribution in [0.2, 0.25) is 0 Å². The molecule has 2 unspecified atom stereocenters. The minimum atomic E-state index is -4.41. The molecule has 0 saturated heterocycles. The summed E-state index contributed by atoms with van der Waals surface area (Å²) in [6.45, 7) is 4.98. The monoisotopic (exact) mass is 452 g/mol. The molecule has 2 aromatic rings. The van der Waals surface area contributed by atoms with E-state index in [1.807, 2.05) is 0 Å². The Morgan fingerprint density at radius 1 is 1.10 bits per heavy atom. The largest absolute Gasteiger partial charge is 0.497 e. The Morgan fingerprint density at radius 3 is 2.16 bits per heavy atom. The molecule has 0 fully saturated rings. The molecule has 1 aromatic heterocycles. The predicted molar refractivity (Wildman–Crippen MR) is 113 cm³/mol. The smallest absolute Gasteiger partial charge is 0.312 e. The maximum Gasteiger partial charge on any atom is 0.312 e. The van der Waals surface area contributed by atoms with Gasteiger partial charge in [0.05, 0.1) is 31.2 Å². The van der Waals surface area contributed by atoms with Gasteiger partial charge in [-0.3, -0.25) is 9.59 Å². The number of carbonyl (C=O) groups excluding carboxylic acids is 2. The van der Waals surface area contributed by atoms with E-state index >= 15 is 0 Å². The average molecular weight is 453 g/mol. The quantitative estimate of drug-likeness (QED) is 0.581. The second kappa shape index (κ2) is 9.11. The van der Waals surface area contributed by atoms with Gasteiger partial charge in [0.15, 0.2) is 4.87 Å². The molecule has 0 aliphatic heterocycles. The van der Waals surface area contributed by atoms with Crippen molar-refractivity contribution in [1.29, 1.82) is 0 Å². The third-order valence-electron chi connectivity index (χ3n) is 4.63. The lowest BCUT2D eigenvalue weighted by molar-refractivity contribution is -0.161. The Morgan fingerprint density at radius 2 is 1.71 bits per heavy atom. The Hall–Kier alpha value is -2.85. The predicted octanol–water partition coefficient (Wildman–Crippen LogP) is 2.13. The molecule has 9 nitrogen and oxygen atoms in total. The van der Waals surface area contributed by atoms with E-state index in [9.17, 15) is 18.0 Å². The number of nitrogens with two attached hydrogens (primary N) is 1. The number of hydrogen-bond acceptors (Lipinski definition) is 8. The molecule has 2 rings (SSSR count). The van der Waals surface area contributed by atoms with Crippen LogP contribution in [0.5, 0.6) is 5.75 Å². The van der Waals surface area contributed by atoms with Gasteiger partial charge in [0.2, 0.25) is 9.84 Å². The first kappa shape index (κ1) is 24.4. The van der Waals surface area contributed by atoms with Crippen LogP contribution in [0.15, 0.2) is 47.5 Å². The summed E-state index contributed by atoms with van der Waals surface area (Å²) in [5.74, 6) is -2.88. The van der Waals surface area contributed by atoms with Crippen LogP contribution in [-0.4, -0.2) is 45.2 Å². The molecule has 0 spiro atoms. The van der Waals surface area contributed by atoms with Gasteiger partial charge >= 0.3 is 11.9 Å². The van der Waals surface area contributed by atoms with Crippen molar-refractivity contribution in [2.24, 2.45) is 11.7 Å². The van der Waals surface area contributed by atoms with Crippen molar-refractivity contribution in [1.82, 2.24) is 4.98 Å². The molecular formula is C21H28N2O7S. The Kier molecular flexibility index (Phi) is 7.17. The van der Waals surface area contributed by atoms with Crippen LogP contribution in [0.25, 0.3) is 0 Å². The molecule has 0 radical (unpaired) electrons. The Balaban J connectivity index is 2.65. The molecule has 0 saturated carbocycles. The molecule has 0 bridgehead atoms. The van der Waals surface area contributed by atoms with Crippen molar-refractivity contribution in [3.05, 3.63) is 48.3 Å². The second-order valence-corrected chi connectivity index (χ2v) is 10.1. The van der Waals surface area contributed by atoms with Gasteiger partial charge < -0.3 is 24.9 Å². The number of hydrogen-bond donors (Lipinski definition) is 2. The number of H-pyrrole nitrogens is 1. The molecular weight excluding hydrogens is 424 g/mol. The van der Waals surface area contributed by atoms with Crippen LogP contribution in [-0.2, 0) is 33.8 Å². The summed E-state index contributed by atoms with van der Waals surface area (Å²) in [4.78, 5) is 25.6. The number of methoxy groups -OCH3 is 2. The summed E-state index contributed by atoms with van der Waals surface area (Å²) in [6.07, 6.45) is 0.872. The van der Waals surface area contributed by atoms with Gasteiger partial charge in [0.25, 0.3) is 0 Å². The highest BCUT2D eigenvalue weighted by molar-refractivity contribution is 7.92. The molecule has 2 atom stereocenters. The second-order valence-electron chi connectivity index (χ2n) is 7.92. The van der Waals surface area contributed by atoms with E-state index in [1.165, 1.54) is 43.6 Å². The Bertz CT molecular complexity index is 1010. The highest BCUT2D eigenvalue weighted by Gasteiger charge is 2.54. The zero-order valence-corrected chi connectivity index (χ0v) is 19.0. The van der Waals surface area contributed by atoms with E-state index < -0.39 is 44.6 Å². The van der Waals surface area contributed by atoms with Crippen LogP contribution in [0.3, 0.4) is 0 Å². The minimum Gasteiger partial charge on any atom is -0.497 e. The summed E-state index contributed by atoms with van der Waals surface area (Å²) in [7, 11) is -1.86. The van der Waals surface area contributed by atoms with E-state index in [2.05, 4.69) is 4.98 Å². The number of aromatic amines is 1. The minimum absolute atomic E-state index is 0.0299. The number of aromatic nitrogens is 1. The summed E-state index contributed by atoms with van der Waals surface area (Å²) in [5, 5.41) is 0. The zero-order chi connectivity index (χ0) is 23.4. The van der Waals surface area contributed by atoms with Crippen LogP contribution in [0, 0.1) is 5.92 Å². The first-order valence-electron chi connectivity index (χ1n) is 9.48. The number of rotatable bonds is 8. The standard InChI is InChI=1S/C21H28N2O7S/c1-20(2,3)30-18(24)13-16(19(25)29-5)21(22,17-7-6-12-23-17)31(26,27)15-10-8-14(28-4)9-11-15/h6-12,16,23H,13,22H2,1-5H3. The SMILES string of the molecule is COC(=O)C(CC(=O)OC(C)(C)C)C(N)(c1ccc[nH]1)S(=O)(=O)c1ccc(OC)cc1. The summed E-state index contributed by atoms with van der Waals surface area (Å²) in [5.41, 5.74) is 5.71. The van der Waals surface area contributed by atoms with Gasteiger partial charge in [-0.15, -0.1) is 0 Å². The van der Waals surface area contributed by atoms with Gasteiger partial charge in [-0.2, -0.15) is 0 Å². The third kappa shape index (κ3) is 5.08. The fourth-order valence-corrected chi connectivity index (χ4v) is 5.00. The van der Waals surface area contributed by atoms with Crippen molar-refractivity contribution in [2.75, 3.05) is 14.2 Å². The maximum atomic E-state index is 13.7. The lowest BCUT2D eigenvalue weighted by Crippen LogP contribution is -2.55. The molecule has 0 amide bonds. The van der Waals surface area contributed by atoms with E-state index in [0.29, 0.717) is 5.75 Å². The van der Waals surface area contributed by atoms with E-state index in [1.54, 1.807) is 26.8 Å². The van der Waals surface area contributed by atoms with Gasteiger partial charge in [0, 0.05) is 6.20 Å². The Labute approximate surface area is 181 Å². The van der Waals surface area contributed by atoms with Crippen LogP contribution >= 0.6 is 0 Å². The van der Waals surface area contributed by atoms with Crippen LogP contribution in [0.4, 0.5) is 0 Å².